The first kappa shape index (κ1) is 19.2. The summed E-state index contributed by atoms with van der Waals surface area (Å²) in [5.41, 5.74) is 7.13. The highest BCUT2D eigenvalue weighted by Crippen LogP contribution is 2.33. The fourth-order valence-corrected chi connectivity index (χ4v) is 3.67. The molecule has 0 amide bonds. The van der Waals surface area contributed by atoms with Gasteiger partial charge in [-0.05, 0) is 45.8 Å². The maximum absolute atomic E-state index is 13.3. The molecule has 148 valence electrons. The van der Waals surface area contributed by atoms with Gasteiger partial charge in [0.1, 0.15) is 18.3 Å². The number of aromatic nitrogens is 2. The number of H-pyrrole nitrogens is 1. The van der Waals surface area contributed by atoms with Crippen molar-refractivity contribution in [2.75, 3.05) is 13.2 Å². The van der Waals surface area contributed by atoms with E-state index in [-0.39, 0.29) is 36.4 Å². The van der Waals surface area contributed by atoms with Crippen molar-refractivity contribution < 1.29 is 9.13 Å². The first-order chi connectivity index (χ1) is 14.0. The summed E-state index contributed by atoms with van der Waals surface area (Å²) in [7, 11) is 0. The molecule has 10 heteroatoms. The molecule has 1 atom stereocenters. The molecule has 0 saturated carbocycles. The average molecular weight is 459 g/mol. The summed E-state index contributed by atoms with van der Waals surface area (Å²) in [6, 6.07) is 8.87. The Balaban J connectivity index is 1.81. The molecule has 8 nitrogen and oxygen atoms in total. The van der Waals surface area contributed by atoms with Gasteiger partial charge in [-0.2, -0.15) is 5.10 Å². The molecule has 29 heavy (non-hydrogen) atoms. The third kappa shape index (κ3) is 3.64. The number of ether oxygens (including phenoxy) is 1. The highest BCUT2D eigenvalue weighted by atomic mass is 79.9. The molecule has 2 aromatic carbocycles. The lowest BCUT2D eigenvalue weighted by Gasteiger charge is -2.36. The SMILES string of the molecule is N=C1COCC(c2ccc(F)cc2)N1C(N)=Nc1c(Br)ccc2c(=O)[nH]ncc12. The minimum Gasteiger partial charge on any atom is -0.371 e. The number of halogens is 2. The van der Waals surface area contributed by atoms with E-state index >= 15 is 0 Å². The van der Waals surface area contributed by atoms with Crippen LogP contribution in [-0.4, -0.2) is 40.1 Å². The maximum atomic E-state index is 13.3. The molecule has 1 aliphatic rings. The highest BCUT2D eigenvalue weighted by Gasteiger charge is 2.30. The molecule has 1 saturated heterocycles. The number of guanidine groups is 1. The van der Waals surface area contributed by atoms with E-state index < -0.39 is 6.04 Å². The van der Waals surface area contributed by atoms with Crippen molar-refractivity contribution >= 4 is 44.2 Å². The molecule has 4 rings (SSSR count). The summed E-state index contributed by atoms with van der Waals surface area (Å²) in [6.45, 7) is 0.341. The van der Waals surface area contributed by atoms with Crippen LogP contribution in [0.15, 0.2) is 56.9 Å². The second-order valence-corrected chi connectivity index (χ2v) is 7.28. The Bertz CT molecular complexity index is 1180. The van der Waals surface area contributed by atoms with Gasteiger partial charge < -0.3 is 10.5 Å². The van der Waals surface area contributed by atoms with Gasteiger partial charge in [0.15, 0.2) is 0 Å². The van der Waals surface area contributed by atoms with E-state index in [2.05, 4.69) is 31.1 Å². The number of nitrogens with one attached hydrogen (secondary N) is 2. The molecule has 4 N–H and O–H groups in total. The predicted octanol–water partition coefficient (Wildman–Crippen LogP) is 2.82. The Labute approximate surface area is 172 Å². The average Bonchev–Trinajstić information content (AvgIpc) is 2.70. The van der Waals surface area contributed by atoms with Crippen molar-refractivity contribution in [3.63, 3.8) is 0 Å². The number of fused-ring (bicyclic) bond motifs is 1. The van der Waals surface area contributed by atoms with E-state index in [1.165, 1.54) is 18.3 Å². The Morgan fingerprint density at radius 1 is 1.31 bits per heavy atom. The van der Waals surface area contributed by atoms with Gasteiger partial charge in [0.2, 0.25) is 5.96 Å². The standard InChI is InChI=1S/C19H16BrFN6O2/c20-14-6-5-12-13(7-24-26-18(12)28)17(14)25-19(23)27-15(8-29-9-16(27)22)10-1-3-11(21)4-2-10/h1-7,15,22H,8-9H2,(H2,23,25)(H,26,28). The van der Waals surface area contributed by atoms with E-state index in [1.54, 1.807) is 29.2 Å². The monoisotopic (exact) mass is 458 g/mol. The number of morpholine rings is 1. The van der Waals surface area contributed by atoms with E-state index in [0.29, 0.717) is 20.9 Å². The van der Waals surface area contributed by atoms with Crippen LogP contribution in [-0.2, 0) is 4.74 Å². The number of amidine groups is 1. The number of hydrogen-bond acceptors (Lipinski definition) is 5. The first-order valence-electron chi connectivity index (χ1n) is 8.65. The van der Waals surface area contributed by atoms with E-state index in [0.717, 1.165) is 5.56 Å². The highest BCUT2D eigenvalue weighted by molar-refractivity contribution is 9.10. The van der Waals surface area contributed by atoms with Gasteiger partial charge in [0.05, 0.1) is 29.9 Å². The van der Waals surface area contributed by atoms with Crippen LogP contribution in [0.5, 0.6) is 0 Å². The van der Waals surface area contributed by atoms with Gasteiger partial charge in [0, 0.05) is 9.86 Å². The second kappa shape index (κ2) is 7.72. The lowest BCUT2D eigenvalue weighted by atomic mass is 10.0. The zero-order valence-electron chi connectivity index (χ0n) is 15.0. The Kier molecular flexibility index (Phi) is 5.12. The van der Waals surface area contributed by atoms with Crippen LogP contribution in [0.3, 0.4) is 0 Å². The number of benzene rings is 2. The molecule has 0 aliphatic carbocycles. The molecule has 0 radical (unpaired) electrons. The molecule has 0 spiro atoms. The molecule has 1 aliphatic heterocycles. The number of aromatic amines is 1. The summed E-state index contributed by atoms with van der Waals surface area (Å²) >= 11 is 3.44. The number of aliphatic imine (C=N–C) groups is 1. The summed E-state index contributed by atoms with van der Waals surface area (Å²) in [4.78, 5) is 18.1. The maximum Gasteiger partial charge on any atom is 0.272 e. The minimum absolute atomic E-state index is 0.0566. The van der Waals surface area contributed by atoms with Crippen molar-refractivity contribution in [2.24, 2.45) is 10.7 Å². The Morgan fingerprint density at radius 3 is 2.83 bits per heavy atom. The summed E-state index contributed by atoms with van der Waals surface area (Å²) in [5.74, 6) is -0.175. The van der Waals surface area contributed by atoms with Crippen molar-refractivity contribution in [3.05, 3.63) is 68.8 Å². The Morgan fingerprint density at radius 2 is 2.07 bits per heavy atom. The number of hydrogen-bond donors (Lipinski definition) is 3. The fourth-order valence-electron chi connectivity index (χ4n) is 3.24. The van der Waals surface area contributed by atoms with Crippen LogP contribution < -0.4 is 11.3 Å². The van der Waals surface area contributed by atoms with E-state index in [9.17, 15) is 9.18 Å². The smallest absolute Gasteiger partial charge is 0.272 e. The molecule has 1 aromatic heterocycles. The van der Waals surface area contributed by atoms with Crippen molar-refractivity contribution in [3.8, 4) is 0 Å². The summed E-state index contributed by atoms with van der Waals surface area (Å²) in [6.07, 6.45) is 1.50. The predicted molar refractivity (Wildman–Crippen MR) is 111 cm³/mol. The van der Waals surface area contributed by atoms with Gasteiger partial charge in [-0.3, -0.25) is 15.1 Å². The van der Waals surface area contributed by atoms with E-state index in [4.69, 9.17) is 15.9 Å². The largest absolute Gasteiger partial charge is 0.371 e. The van der Waals surface area contributed by atoms with Crippen LogP contribution >= 0.6 is 15.9 Å². The summed E-state index contributed by atoms with van der Waals surface area (Å²) < 4.78 is 19.4. The van der Waals surface area contributed by atoms with Gasteiger partial charge >= 0.3 is 0 Å². The quantitative estimate of drug-likeness (QED) is 0.402. The van der Waals surface area contributed by atoms with Gasteiger partial charge in [0.25, 0.3) is 5.56 Å². The van der Waals surface area contributed by atoms with Crippen LogP contribution in [0.1, 0.15) is 11.6 Å². The molecule has 0 bridgehead atoms. The zero-order chi connectivity index (χ0) is 20.5. The molecular weight excluding hydrogens is 443 g/mol. The zero-order valence-corrected chi connectivity index (χ0v) is 16.6. The van der Waals surface area contributed by atoms with Crippen LogP contribution in [0.2, 0.25) is 0 Å². The van der Waals surface area contributed by atoms with Crippen molar-refractivity contribution in [1.82, 2.24) is 15.1 Å². The Hall–Kier alpha value is -3.11. The lowest BCUT2D eigenvalue weighted by molar-refractivity contribution is 0.0938. The van der Waals surface area contributed by atoms with Crippen molar-refractivity contribution in [2.45, 2.75) is 6.04 Å². The molecule has 2 heterocycles. The van der Waals surface area contributed by atoms with Gasteiger partial charge in [-0.15, -0.1) is 0 Å². The van der Waals surface area contributed by atoms with Crippen LogP contribution in [0.4, 0.5) is 10.1 Å². The molecule has 1 unspecified atom stereocenters. The van der Waals surface area contributed by atoms with E-state index in [1.807, 2.05) is 0 Å². The third-order valence-electron chi connectivity index (χ3n) is 4.62. The second-order valence-electron chi connectivity index (χ2n) is 6.43. The van der Waals surface area contributed by atoms with Crippen LogP contribution in [0, 0.1) is 11.2 Å². The first-order valence-corrected chi connectivity index (χ1v) is 9.45. The molecular formula is C19H16BrFN6O2. The minimum atomic E-state index is -0.434. The number of nitrogens with zero attached hydrogens (tertiary/aromatic N) is 3. The van der Waals surface area contributed by atoms with Gasteiger partial charge in [-0.25, -0.2) is 14.5 Å². The summed E-state index contributed by atoms with van der Waals surface area (Å²) in [5, 5.41) is 15.5. The third-order valence-corrected chi connectivity index (χ3v) is 5.26. The normalized spacial score (nSPS) is 17.7. The lowest BCUT2D eigenvalue weighted by Crippen LogP contribution is -2.50. The van der Waals surface area contributed by atoms with Gasteiger partial charge in [-0.1, -0.05) is 12.1 Å². The molecule has 3 aromatic rings. The number of nitrogens with two attached hydrogens (primary N) is 1. The van der Waals surface area contributed by atoms with Crippen LogP contribution in [0.25, 0.3) is 10.8 Å². The van der Waals surface area contributed by atoms with Crippen molar-refractivity contribution in [1.29, 1.82) is 5.41 Å². The topological polar surface area (TPSA) is 120 Å². The molecule has 1 fully saturated rings. The fraction of sp³-hybridized carbons (Fsp3) is 0.158. The number of rotatable bonds is 2.